The maximum atomic E-state index is 10.2. The number of carbonyl (C=O) groups excluding carboxylic acids is 1. The first kappa shape index (κ1) is 12.5. The van der Waals surface area contributed by atoms with Crippen LogP contribution in [0.15, 0.2) is 0 Å². The molecule has 1 heterocycles. The number of hydrogen-bond donors (Lipinski definition) is 1. The molecule has 1 aliphatic rings. The summed E-state index contributed by atoms with van der Waals surface area (Å²) in [4.78, 5) is 14.3. The van der Waals surface area contributed by atoms with Gasteiger partial charge in [-0.1, -0.05) is 6.92 Å². The lowest BCUT2D eigenvalue weighted by Gasteiger charge is -2.31. The Kier molecular flexibility index (Phi) is 5.65. The molecule has 0 aliphatic carbocycles. The molecular weight excluding hydrogens is 192 g/mol. The Morgan fingerprint density at radius 3 is 2.60 bits per heavy atom. The Morgan fingerprint density at radius 2 is 2.07 bits per heavy atom. The first-order valence-electron chi connectivity index (χ1n) is 5.98. The maximum absolute atomic E-state index is 10.2. The molecular formula is C11H22N2O2. The van der Waals surface area contributed by atoms with Crippen molar-refractivity contribution in [1.29, 1.82) is 0 Å². The van der Waals surface area contributed by atoms with Crippen LogP contribution >= 0.6 is 0 Å². The van der Waals surface area contributed by atoms with Crippen LogP contribution in [0.25, 0.3) is 0 Å². The molecule has 0 bridgehead atoms. The van der Waals surface area contributed by atoms with Gasteiger partial charge >= 0.3 is 0 Å². The number of nitrogens with one attached hydrogen (secondary N) is 1. The highest BCUT2D eigenvalue weighted by molar-refractivity contribution is 5.64. The van der Waals surface area contributed by atoms with E-state index in [4.69, 9.17) is 0 Å². The first-order chi connectivity index (χ1) is 7.22. The molecule has 1 fully saturated rings. The number of nitrogens with zero attached hydrogens (tertiary/aromatic N) is 1. The monoisotopic (exact) mass is 214 g/mol. The lowest BCUT2D eigenvalue weighted by molar-refractivity contribution is -0.904. The number of carboxylic acids is 1. The van der Waals surface area contributed by atoms with Gasteiger partial charge in [0.15, 0.2) is 0 Å². The predicted octanol–water partition coefficient (Wildman–Crippen LogP) is -1.87. The minimum absolute atomic E-state index is 0.210. The van der Waals surface area contributed by atoms with Crippen LogP contribution in [-0.4, -0.2) is 50.1 Å². The van der Waals surface area contributed by atoms with Gasteiger partial charge in [-0.15, -0.1) is 0 Å². The fourth-order valence-electron chi connectivity index (χ4n) is 2.14. The highest BCUT2D eigenvalue weighted by Crippen LogP contribution is 1.91. The molecule has 0 unspecified atom stereocenters. The van der Waals surface area contributed by atoms with Gasteiger partial charge in [-0.3, -0.25) is 4.90 Å². The van der Waals surface area contributed by atoms with Crippen LogP contribution in [0.4, 0.5) is 0 Å². The van der Waals surface area contributed by atoms with Crippen LogP contribution in [0.1, 0.15) is 26.2 Å². The Bertz CT molecular complexity index is 189. The number of carbonyl (C=O) groups is 1. The van der Waals surface area contributed by atoms with E-state index in [0.29, 0.717) is 0 Å². The standard InChI is InChI=1S/C11H22N2O2/c1-2-5-12-7-9-13(10-8-12)6-3-4-11(14)15/h2-10H2,1H3,(H,14,15). The van der Waals surface area contributed by atoms with Crippen molar-refractivity contribution in [2.24, 2.45) is 0 Å². The highest BCUT2D eigenvalue weighted by atomic mass is 16.4. The van der Waals surface area contributed by atoms with Crippen LogP contribution in [0.5, 0.6) is 0 Å². The van der Waals surface area contributed by atoms with Gasteiger partial charge in [-0.2, -0.15) is 0 Å². The SMILES string of the molecule is CCCN1CC[NH+](CCCC(=O)[O-])CC1. The number of carboxylic acid groups (broad SMARTS) is 1. The molecule has 1 N–H and O–H groups in total. The molecule has 0 aromatic carbocycles. The fourth-order valence-corrected chi connectivity index (χ4v) is 2.14. The van der Waals surface area contributed by atoms with Gasteiger partial charge in [-0.25, -0.2) is 0 Å². The van der Waals surface area contributed by atoms with Crippen LogP contribution in [0, 0.1) is 0 Å². The lowest BCUT2D eigenvalue weighted by atomic mass is 10.2. The van der Waals surface area contributed by atoms with Crippen molar-refractivity contribution in [3.05, 3.63) is 0 Å². The summed E-state index contributed by atoms with van der Waals surface area (Å²) >= 11 is 0. The summed E-state index contributed by atoms with van der Waals surface area (Å²) in [6.45, 7) is 9.03. The minimum Gasteiger partial charge on any atom is -0.550 e. The van der Waals surface area contributed by atoms with Crippen LogP contribution in [0.2, 0.25) is 0 Å². The van der Waals surface area contributed by atoms with Crippen molar-refractivity contribution in [1.82, 2.24) is 4.90 Å². The molecule has 1 aliphatic heterocycles. The second kappa shape index (κ2) is 6.80. The molecule has 0 aromatic heterocycles. The summed E-state index contributed by atoms with van der Waals surface area (Å²) in [5, 5.41) is 10.2. The zero-order valence-corrected chi connectivity index (χ0v) is 9.63. The van der Waals surface area contributed by atoms with Crippen molar-refractivity contribution < 1.29 is 14.8 Å². The summed E-state index contributed by atoms with van der Waals surface area (Å²) < 4.78 is 0. The molecule has 0 amide bonds. The summed E-state index contributed by atoms with van der Waals surface area (Å²) in [6, 6.07) is 0. The molecule has 0 aromatic rings. The van der Waals surface area contributed by atoms with E-state index in [1.165, 1.54) is 13.0 Å². The van der Waals surface area contributed by atoms with Crippen molar-refractivity contribution in [3.8, 4) is 0 Å². The molecule has 0 atom stereocenters. The van der Waals surface area contributed by atoms with E-state index in [0.717, 1.165) is 39.1 Å². The van der Waals surface area contributed by atoms with E-state index in [9.17, 15) is 9.90 Å². The van der Waals surface area contributed by atoms with Gasteiger partial charge < -0.3 is 14.8 Å². The molecule has 4 nitrogen and oxygen atoms in total. The summed E-state index contributed by atoms with van der Waals surface area (Å²) in [5.74, 6) is -0.918. The van der Waals surface area contributed by atoms with Crippen molar-refractivity contribution >= 4 is 5.97 Å². The maximum Gasteiger partial charge on any atom is 0.0900 e. The van der Waals surface area contributed by atoms with Crippen molar-refractivity contribution in [2.75, 3.05) is 39.3 Å². The number of piperazine rings is 1. The smallest absolute Gasteiger partial charge is 0.0900 e. The van der Waals surface area contributed by atoms with Gasteiger partial charge in [0, 0.05) is 25.5 Å². The van der Waals surface area contributed by atoms with Gasteiger partial charge in [0.25, 0.3) is 0 Å². The third-order valence-electron chi connectivity index (χ3n) is 3.01. The predicted molar refractivity (Wildman–Crippen MR) is 56.5 cm³/mol. The van der Waals surface area contributed by atoms with E-state index in [1.807, 2.05) is 0 Å². The Balaban J connectivity index is 2.06. The second-order valence-electron chi connectivity index (χ2n) is 4.32. The van der Waals surface area contributed by atoms with Crippen molar-refractivity contribution in [2.45, 2.75) is 26.2 Å². The van der Waals surface area contributed by atoms with Gasteiger partial charge in [0.1, 0.15) is 0 Å². The van der Waals surface area contributed by atoms with Gasteiger partial charge in [0.05, 0.1) is 19.6 Å². The zero-order valence-electron chi connectivity index (χ0n) is 9.63. The molecule has 0 spiro atoms. The van der Waals surface area contributed by atoms with Crippen LogP contribution < -0.4 is 10.0 Å². The van der Waals surface area contributed by atoms with E-state index in [1.54, 1.807) is 4.90 Å². The van der Waals surface area contributed by atoms with E-state index >= 15 is 0 Å². The van der Waals surface area contributed by atoms with Gasteiger partial charge in [0.2, 0.25) is 0 Å². The molecule has 0 radical (unpaired) electrons. The Hall–Kier alpha value is -0.610. The average Bonchev–Trinajstić information content (AvgIpc) is 2.20. The quantitative estimate of drug-likeness (QED) is 0.563. The Morgan fingerprint density at radius 1 is 1.40 bits per heavy atom. The number of aliphatic carboxylic acids is 1. The van der Waals surface area contributed by atoms with E-state index < -0.39 is 5.97 Å². The molecule has 1 saturated heterocycles. The fraction of sp³-hybridized carbons (Fsp3) is 0.909. The van der Waals surface area contributed by atoms with Crippen LogP contribution in [-0.2, 0) is 4.79 Å². The molecule has 0 saturated carbocycles. The van der Waals surface area contributed by atoms with E-state index in [2.05, 4.69) is 11.8 Å². The Labute approximate surface area is 91.9 Å². The normalized spacial score (nSPS) is 19.3. The number of quaternary nitrogens is 1. The van der Waals surface area contributed by atoms with Gasteiger partial charge in [-0.05, 0) is 19.4 Å². The van der Waals surface area contributed by atoms with Crippen molar-refractivity contribution in [3.63, 3.8) is 0 Å². The van der Waals surface area contributed by atoms with Crippen LogP contribution in [0.3, 0.4) is 0 Å². The molecule has 15 heavy (non-hydrogen) atoms. The third-order valence-corrected chi connectivity index (χ3v) is 3.01. The average molecular weight is 214 g/mol. The summed E-state index contributed by atoms with van der Waals surface area (Å²) in [6.07, 6.45) is 2.19. The molecule has 88 valence electrons. The molecule has 1 rings (SSSR count). The zero-order chi connectivity index (χ0) is 11.1. The lowest BCUT2D eigenvalue weighted by Crippen LogP contribution is -3.14. The highest BCUT2D eigenvalue weighted by Gasteiger charge is 2.18. The number of rotatable bonds is 6. The minimum atomic E-state index is -0.918. The first-order valence-corrected chi connectivity index (χ1v) is 5.98. The topological polar surface area (TPSA) is 47.8 Å². The summed E-state index contributed by atoms with van der Waals surface area (Å²) in [7, 11) is 0. The molecule has 4 heteroatoms. The van der Waals surface area contributed by atoms with E-state index in [-0.39, 0.29) is 6.42 Å². The third kappa shape index (κ3) is 5.14. The second-order valence-corrected chi connectivity index (χ2v) is 4.32. The largest absolute Gasteiger partial charge is 0.550 e. The summed E-state index contributed by atoms with van der Waals surface area (Å²) in [5.41, 5.74) is 0. The number of hydrogen-bond acceptors (Lipinski definition) is 3.